The number of fused-ring (bicyclic) bond motifs is 1. The van der Waals surface area contributed by atoms with Crippen molar-refractivity contribution in [2.24, 2.45) is 0 Å². The van der Waals surface area contributed by atoms with E-state index in [1.807, 2.05) is 30.5 Å². The van der Waals surface area contributed by atoms with Crippen molar-refractivity contribution in [3.8, 4) is 0 Å². The Morgan fingerprint density at radius 1 is 1.11 bits per heavy atom. The molecular weight excluding hydrogens is 355 g/mol. The second-order valence-electron chi connectivity index (χ2n) is 6.84. The Morgan fingerprint density at radius 2 is 1.89 bits per heavy atom. The average molecular weight is 376 g/mol. The van der Waals surface area contributed by atoms with Gasteiger partial charge in [0.2, 0.25) is 0 Å². The maximum absolute atomic E-state index is 14.0. The number of halogens is 1. The quantitative estimate of drug-likeness (QED) is 0.480. The molecule has 0 aliphatic heterocycles. The third kappa shape index (κ3) is 3.87. The summed E-state index contributed by atoms with van der Waals surface area (Å²) < 4.78 is 14.0. The topological polar surface area (TPSA) is 73.6 Å². The van der Waals surface area contributed by atoms with Gasteiger partial charge in [0.1, 0.15) is 11.6 Å². The standard InChI is InChI=1S/C22H21FN4O/c1-14-26-21(11-22(28)27-14)20(25-12-15-6-2-4-8-18(15)23)10-16-13-24-19-9-5-3-7-17(16)19/h2-9,11,13,20,24-25H,10,12H2,1H3,(H,26,27,28)/t20-/m1/s1. The zero-order chi connectivity index (χ0) is 19.5. The summed E-state index contributed by atoms with van der Waals surface area (Å²) in [4.78, 5) is 22.4. The SMILES string of the molecule is Cc1nc([C@@H](Cc2c[nH]c3ccccc23)NCc2ccccc2F)cc(=O)[nH]1. The molecule has 0 bridgehead atoms. The fraction of sp³-hybridized carbons (Fsp3) is 0.182. The number of aryl methyl sites for hydroxylation is 1. The maximum Gasteiger partial charge on any atom is 0.251 e. The van der Waals surface area contributed by atoms with Crippen LogP contribution < -0.4 is 10.9 Å². The Labute approximate surface area is 161 Å². The summed E-state index contributed by atoms with van der Waals surface area (Å²) in [6.45, 7) is 2.09. The first-order chi connectivity index (χ1) is 13.6. The first-order valence-corrected chi connectivity index (χ1v) is 9.20. The number of hydrogen-bond acceptors (Lipinski definition) is 3. The van der Waals surface area contributed by atoms with Gasteiger partial charge in [-0.2, -0.15) is 0 Å². The van der Waals surface area contributed by atoms with Crippen LogP contribution in [0.5, 0.6) is 0 Å². The van der Waals surface area contributed by atoms with Crippen molar-refractivity contribution < 1.29 is 4.39 Å². The number of aromatic nitrogens is 3. The lowest BCUT2D eigenvalue weighted by Crippen LogP contribution is -2.26. The van der Waals surface area contributed by atoms with Gasteiger partial charge < -0.3 is 15.3 Å². The van der Waals surface area contributed by atoms with Crippen molar-refractivity contribution in [2.45, 2.75) is 25.9 Å². The molecule has 4 rings (SSSR count). The highest BCUT2D eigenvalue weighted by molar-refractivity contribution is 5.83. The minimum absolute atomic E-state index is 0.195. The molecule has 28 heavy (non-hydrogen) atoms. The highest BCUT2D eigenvalue weighted by atomic mass is 19.1. The van der Waals surface area contributed by atoms with Crippen molar-refractivity contribution in [3.63, 3.8) is 0 Å². The van der Waals surface area contributed by atoms with Gasteiger partial charge in [-0.1, -0.05) is 36.4 Å². The van der Waals surface area contributed by atoms with Crippen molar-refractivity contribution in [1.82, 2.24) is 20.3 Å². The van der Waals surface area contributed by atoms with E-state index in [0.717, 1.165) is 16.5 Å². The molecule has 0 saturated heterocycles. The highest BCUT2D eigenvalue weighted by Crippen LogP contribution is 2.24. The molecule has 3 N–H and O–H groups in total. The number of hydrogen-bond donors (Lipinski definition) is 3. The van der Waals surface area contributed by atoms with Crippen molar-refractivity contribution in [2.75, 3.05) is 0 Å². The summed E-state index contributed by atoms with van der Waals surface area (Å²) in [5.74, 6) is 0.301. The fourth-order valence-electron chi connectivity index (χ4n) is 3.46. The summed E-state index contributed by atoms with van der Waals surface area (Å²) >= 11 is 0. The zero-order valence-corrected chi connectivity index (χ0v) is 15.5. The molecule has 0 saturated carbocycles. The van der Waals surface area contributed by atoms with Crippen LogP contribution in [-0.4, -0.2) is 15.0 Å². The first-order valence-electron chi connectivity index (χ1n) is 9.20. The van der Waals surface area contributed by atoms with E-state index >= 15 is 0 Å². The van der Waals surface area contributed by atoms with Crippen LogP contribution in [0.25, 0.3) is 10.9 Å². The molecule has 2 aromatic heterocycles. The average Bonchev–Trinajstić information content (AvgIpc) is 3.08. The van der Waals surface area contributed by atoms with Gasteiger partial charge in [0.25, 0.3) is 5.56 Å². The summed E-state index contributed by atoms with van der Waals surface area (Å²) in [5, 5.41) is 4.51. The van der Waals surface area contributed by atoms with E-state index in [1.54, 1.807) is 19.1 Å². The van der Waals surface area contributed by atoms with Gasteiger partial charge in [-0.25, -0.2) is 9.37 Å². The van der Waals surface area contributed by atoms with E-state index in [9.17, 15) is 9.18 Å². The molecule has 0 aliphatic carbocycles. The van der Waals surface area contributed by atoms with E-state index in [-0.39, 0.29) is 17.4 Å². The molecule has 4 aromatic rings. The molecule has 0 spiro atoms. The third-order valence-corrected chi connectivity index (χ3v) is 4.83. The second-order valence-corrected chi connectivity index (χ2v) is 6.84. The number of H-pyrrole nitrogens is 2. The number of nitrogens with one attached hydrogen (secondary N) is 3. The summed E-state index contributed by atoms with van der Waals surface area (Å²) in [6.07, 6.45) is 2.59. The zero-order valence-electron chi connectivity index (χ0n) is 15.5. The highest BCUT2D eigenvalue weighted by Gasteiger charge is 2.17. The predicted molar refractivity (Wildman–Crippen MR) is 108 cm³/mol. The minimum Gasteiger partial charge on any atom is -0.361 e. The summed E-state index contributed by atoms with van der Waals surface area (Å²) in [5.41, 5.74) is 3.19. The van der Waals surface area contributed by atoms with Gasteiger partial charge in [-0.15, -0.1) is 0 Å². The number of para-hydroxylation sites is 1. The molecule has 142 valence electrons. The lowest BCUT2D eigenvalue weighted by atomic mass is 10.0. The Kier molecular flexibility index (Phi) is 5.04. The van der Waals surface area contributed by atoms with E-state index < -0.39 is 0 Å². The van der Waals surface area contributed by atoms with Crippen LogP contribution in [0.1, 0.15) is 28.7 Å². The van der Waals surface area contributed by atoms with Crippen LogP contribution in [0.3, 0.4) is 0 Å². The van der Waals surface area contributed by atoms with Crippen molar-refractivity contribution in [3.05, 3.63) is 99.6 Å². The molecule has 0 aliphatic rings. The minimum atomic E-state index is -0.254. The molecule has 6 heteroatoms. The third-order valence-electron chi connectivity index (χ3n) is 4.83. The van der Waals surface area contributed by atoms with Crippen LogP contribution in [0, 0.1) is 12.7 Å². The summed E-state index contributed by atoms with van der Waals surface area (Å²) in [7, 11) is 0. The Bertz CT molecular complexity index is 1160. The van der Waals surface area contributed by atoms with Crippen LogP contribution in [-0.2, 0) is 13.0 Å². The van der Waals surface area contributed by atoms with Gasteiger partial charge in [-0.05, 0) is 31.0 Å². The van der Waals surface area contributed by atoms with Crippen LogP contribution in [0.2, 0.25) is 0 Å². The lowest BCUT2D eigenvalue weighted by molar-refractivity contribution is 0.502. The van der Waals surface area contributed by atoms with Crippen molar-refractivity contribution in [1.29, 1.82) is 0 Å². The monoisotopic (exact) mass is 376 g/mol. The van der Waals surface area contributed by atoms with E-state index in [4.69, 9.17) is 0 Å². The molecule has 2 aromatic carbocycles. The van der Waals surface area contributed by atoms with E-state index in [1.165, 1.54) is 12.1 Å². The van der Waals surface area contributed by atoms with Crippen molar-refractivity contribution >= 4 is 10.9 Å². The molecular formula is C22H21FN4O. The predicted octanol–water partition coefficient (Wildman–Crippen LogP) is 3.77. The number of rotatable bonds is 6. The maximum atomic E-state index is 14.0. The Hall–Kier alpha value is -3.25. The summed E-state index contributed by atoms with van der Waals surface area (Å²) in [6, 6.07) is 16.0. The van der Waals surface area contributed by atoms with E-state index in [2.05, 4.69) is 26.3 Å². The second kappa shape index (κ2) is 7.78. The van der Waals surface area contributed by atoms with Gasteiger partial charge in [0, 0.05) is 35.3 Å². The Balaban J connectivity index is 1.66. The molecule has 2 heterocycles. The molecule has 1 atom stereocenters. The smallest absolute Gasteiger partial charge is 0.251 e. The number of nitrogens with zero attached hydrogens (tertiary/aromatic N) is 1. The largest absolute Gasteiger partial charge is 0.361 e. The molecule has 0 unspecified atom stereocenters. The van der Waals surface area contributed by atoms with E-state index in [0.29, 0.717) is 30.0 Å². The first kappa shape index (κ1) is 18.1. The molecule has 0 radical (unpaired) electrons. The molecule has 0 amide bonds. The van der Waals surface area contributed by atoms with Crippen LogP contribution in [0.4, 0.5) is 4.39 Å². The van der Waals surface area contributed by atoms with Gasteiger partial charge in [-0.3, -0.25) is 4.79 Å². The van der Waals surface area contributed by atoms with Gasteiger partial charge in [0.05, 0.1) is 11.7 Å². The molecule has 5 nitrogen and oxygen atoms in total. The van der Waals surface area contributed by atoms with Crippen LogP contribution in [0.15, 0.2) is 65.6 Å². The van der Waals surface area contributed by atoms with Gasteiger partial charge >= 0.3 is 0 Å². The normalized spacial score (nSPS) is 12.4. The number of aromatic amines is 2. The number of benzene rings is 2. The Morgan fingerprint density at radius 3 is 2.71 bits per heavy atom. The van der Waals surface area contributed by atoms with Crippen LogP contribution >= 0.6 is 0 Å². The lowest BCUT2D eigenvalue weighted by Gasteiger charge is -2.19. The van der Waals surface area contributed by atoms with Gasteiger partial charge in [0.15, 0.2) is 0 Å². The fourth-order valence-corrected chi connectivity index (χ4v) is 3.46. The molecule has 0 fully saturated rings.